The predicted molar refractivity (Wildman–Crippen MR) is 55.1 cm³/mol. The van der Waals surface area contributed by atoms with Crippen molar-refractivity contribution in [3.05, 3.63) is 11.6 Å². The van der Waals surface area contributed by atoms with Gasteiger partial charge in [-0.05, 0) is 32.4 Å². The van der Waals surface area contributed by atoms with Gasteiger partial charge in [0.25, 0.3) is 0 Å². The molecule has 0 amide bonds. The van der Waals surface area contributed by atoms with E-state index in [2.05, 4.69) is 27.0 Å². The first-order chi connectivity index (χ1) is 6.81. The van der Waals surface area contributed by atoms with E-state index < -0.39 is 0 Å². The molecule has 0 saturated heterocycles. The van der Waals surface area contributed by atoms with Gasteiger partial charge in [0, 0.05) is 13.0 Å². The highest BCUT2D eigenvalue weighted by Crippen LogP contribution is 2.19. The van der Waals surface area contributed by atoms with Crippen molar-refractivity contribution >= 4 is 0 Å². The van der Waals surface area contributed by atoms with Crippen molar-refractivity contribution in [3.8, 4) is 0 Å². The van der Waals surface area contributed by atoms with Crippen LogP contribution in [0.15, 0.2) is 0 Å². The number of nitrogens with zero attached hydrogens (tertiary/aromatic N) is 3. The smallest absolute Gasteiger partial charge is 0.133 e. The van der Waals surface area contributed by atoms with E-state index >= 15 is 0 Å². The van der Waals surface area contributed by atoms with Gasteiger partial charge in [-0.2, -0.15) is 0 Å². The van der Waals surface area contributed by atoms with E-state index in [9.17, 15) is 0 Å². The molecule has 4 heteroatoms. The molecule has 1 N–H and O–H groups in total. The zero-order chi connectivity index (χ0) is 9.97. The largest absolute Gasteiger partial charge is 0.317 e. The second-order valence-corrected chi connectivity index (χ2v) is 3.98. The Balaban J connectivity index is 1.99. The third kappa shape index (κ3) is 1.80. The van der Waals surface area contributed by atoms with Gasteiger partial charge >= 0.3 is 0 Å². The molecule has 1 atom stereocenters. The zero-order valence-electron chi connectivity index (χ0n) is 8.95. The second kappa shape index (κ2) is 4.09. The van der Waals surface area contributed by atoms with Crippen molar-refractivity contribution in [1.82, 2.24) is 20.1 Å². The Bertz CT molecular complexity index is 305. The molecule has 0 aromatic carbocycles. The van der Waals surface area contributed by atoms with Crippen LogP contribution >= 0.6 is 0 Å². The molecule has 2 rings (SSSR count). The van der Waals surface area contributed by atoms with Gasteiger partial charge in [-0.3, -0.25) is 0 Å². The summed E-state index contributed by atoms with van der Waals surface area (Å²) in [6.45, 7) is 7.44. The van der Waals surface area contributed by atoms with Crippen LogP contribution in [0.4, 0.5) is 0 Å². The summed E-state index contributed by atoms with van der Waals surface area (Å²) >= 11 is 0. The normalized spacial score (nSPS) is 20.9. The molecule has 1 aromatic rings. The van der Waals surface area contributed by atoms with Crippen LogP contribution in [0.25, 0.3) is 0 Å². The maximum atomic E-state index is 4.20. The van der Waals surface area contributed by atoms with Gasteiger partial charge in [-0.25, -0.2) is 0 Å². The first-order valence-corrected chi connectivity index (χ1v) is 5.40. The van der Waals surface area contributed by atoms with E-state index in [0.29, 0.717) is 0 Å². The molecule has 1 aliphatic rings. The molecule has 1 unspecified atom stereocenters. The fourth-order valence-corrected chi connectivity index (χ4v) is 2.06. The summed E-state index contributed by atoms with van der Waals surface area (Å²) in [5.41, 5.74) is 0. The molecule has 0 aliphatic carbocycles. The quantitative estimate of drug-likeness (QED) is 0.772. The Morgan fingerprint density at radius 3 is 3.14 bits per heavy atom. The zero-order valence-corrected chi connectivity index (χ0v) is 8.95. The third-order valence-electron chi connectivity index (χ3n) is 2.93. The molecule has 14 heavy (non-hydrogen) atoms. The lowest BCUT2D eigenvalue weighted by atomic mass is 9.98. The highest BCUT2D eigenvalue weighted by Gasteiger charge is 2.20. The predicted octanol–water partition coefficient (Wildman–Crippen LogP) is 0.758. The van der Waals surface area contributed by atoms with Gasteiger partial charge in [-0.15, -0.1) is 10.2 Å². The number of nitrogens with one attached hydrogen (secondary N) is 1. The van der Waals surface area contributed by atoms with Gasteiger partial charge < -0.3 is 9.88 Å². The minimum atomic E-state index is 0.742. The second-order valence-electron chi connectivity index (χ2n) is 3.98. The molecule has 0 saturated carbocycles. The van der Waals surface area contributed by atoms with Crippen LogP contribution < -0.4 is 5.32 Å². The lowest BCUT2D eigenvalue weighted by molar-refractivity contribution is 0.364. The van der Waals surface area contributed by atoms with Crippen LogP contribution in [0.5, 0.6) is 0 Å². The van der Waals surface area contributed by atoms with Crippen LogP contribution in [-0.2, 0) is 13.0 Å². The topological polar surface area (TPSA) is 42.7 Å². The van der Waals surface area contributed by atoms with Gasteiger partial charge in [0.05, 0.1) is 0 Å². The summed E-state index contributed by atoms with van der Waals surface area (Å²) in [5, 5.41) is 11.7. The molecule has 0 radical (unpaired) electrons. The van der Waals surface area contributed by atoms with E-state index in [1.54, 1.807) is 0 Å². The summed E-state index contributed by atoms with van der Waals surface area (Å²) in [4.78, 5) is 0. The monoisotopic (exact) mass is 194 g/mol. The molecule has 78 valence electrons. The summed E-state index contributed by atoms with van der Waals surface area (Å²) < 4.78 is 2.24. The SMILES string of the molecule is CCNCC1CCn2c(C)nnc2C1. The van der Waals surface area contributed by atoms with Crippen LogP contribution in [-0.4, -0.2) is 27.9 Å². The molecule has 2 heterocycles. The molecule has 0 spiro atoms. The lowest BCUT2D eigenvalue weighted by Crippen LogP contribution is -2.29. The van der Waals surface area contributed by atoms with Gasteiger partial charge in [0.1, 0.15) is 11.6 Å². The van der Waals surface area contributed by atoms with Crippen LogP contribution in [0.2, 0.25) is 0 Å². The number of rotatable bonds is 3. The van der Waals surface area contributed by atoms with Gasteiger partial charge in [-0.1, -0.05) is 6.92 Å². The Kier molecular flexibility index (Phi) is 2.82. The lowest BCUT2D eigenvalue weighted by Gasteiger charge is -2.23. The average Bonchev–Trinajstić information content (AvgIpc) is 2.57. The van der Waals surface area contributed by atoms with Gasteiger partial charge in [0.15, 0.2) is 0 Å². The van der Waals surface area contributed by atoms with E-state index in [4.69, 9.17) is 0 Å². The molecule has 1 aromatic heterocycles. The summed E-state index contributed by atoms with van der Waals surface area (Å²) in [7, 11) is 0. The number of hydrogen-bond acceptors (Lipinski definition) is 3. The maximum absolute atomic E-state index is 4.20. The van der Waals surface area contributed by atoms with E-state index in [1.165, 1.54) is 6.42 Å². The minimum absolute atomic E-state index is 0.742. The minimum Gasteiger partial charge on any atom is -0.317 e. The first-order valence-electron chi connectivity index (χ1n) is 5.40. The third-order valence-corrected chi connectivity index (χ3v) is 2.93. The molecular formula is C10H18N4. The Hall–Kier alpha value is -0.900. The van der Waals surface area contributed by atoms with E-state index in [1.807, 2.05) is 6.92 Å². The highest BCUT2D eigenvalue weighted by atomic mass is 15.3. The molecule has 4 nitrogen and oxygen atoms in total. The molecule has 0 fully saturated rings. The fraction of sp³-hybridized carbons (Fsp3) is 0.800. The van der Waals surface area contributed by atoms with E-state index in [0.717, 1.165) is 43.6 Å². The van der Waals surface area contributed by atoms with Crippen molar-refractivity contribution in [2.24, 2.45) is 5.92 Å². The Labute approximate surface area is 84.7 Å². The van der Waals surface area contributed by atoms with Gasteiger partial charge in [0.2, 0.25) is 0 Å². The van der Waals surface area contributed by atoms with Crippen molar-refractivity contribution in [2.75, 3.05) is 13.1 Å². The van der Waals surface area contributed by atoms with Crippen molar-refractivity contribution in [3.63, 3.8) is 0 Å². The van der Waals surface area contributed by atoms with Crippen molar-refractivity contribution in [1.29, 1.82) is 0 Å². The summed E-state index contributed by atoms with van der Waals surface area (Å²) in [5.74, 6) is 2.96. The summed E-state index contributed by atoms with van der Waals surface area (Å²) in [6.07, 6.45) is 2.33. The summed E-state index contributed by atoms with van der Waals surface area (Å²) in [6, 6.07) is 0. The van der Waals surface area contributed by atoms with E-state index in [-0.39, 0.29) is 0 Å². The molecule has 1 aliphatic heterocycles. The van der Waals surface area contributed by atoms with Crippen LogP contribution in [0.1, 0.15) is 25.0 Å². The van der Waals surface area contributed by atoms with Crippen LogP contribution in [0.3, 0.4) is 0 Å². The van der Waals surface area contributed by atoms with Crippen LogP contribution in [0, 0.1) is 12.8 Å². The Morgan fingerprint density at radius 1 is 1.50 bits per heavy atom. The number of fused-ring (bicyclic) bond motifs is 1. The first kappa shape index (κ1) is 9.65. The number of aryl methyl sites for hydroxylation is 1. The fourth-order valence-electron chi connectivity index (χ4n) is 2.06. The standard InChI is InChI=1S/C10H18N4/c1-3-11-7-9-4-5-14-8(2)12-13-10(14)6-9/h9,11H,3-7H2,1-2H3. The highest BCUT2D eigenvalue weighted by molar-refractivity contribution is 4.98. The number of hydrogen-bond donors (Lipinski definition) is 1. The molecular weight excluding hydrogens is 176 g/mol. The maximum Gasteiger partial charge on any atom is 0.133 e. The average molecular weight is 194 g/mol. The van der Waals surface area contributed by atoms with Crippen molar-refractivity contribution < 1.29 is 0 Å². The number of aromatic nitrogens is 3. The molecule has 0 bridgehead atoms. The van der Waals surface area contributed by atoms with Crippen molar-refractivity contribution in [2.45, 2.75) is 33.2 Å². The Morgan fingerprint density at radius 2 is 2.36 bits per heavy atom.